The van der Waals surface area contributed by atoms with Crippen LogP contribution in [0.25, 0.3) is 22.3 Å². The zero-order valence-corrected chi connectivity index (χ0v) is 11.1. The van der Waals surface area contributed by atoms with Gasteiger partial charge in [0.1, 0.15) is 0 Å². The number of carbonyl (C=O) groups excluding carboxylic acids is 1. The Morgan fingerprint density at radius 3 is 2.75 bits per heavy atom. The first kappa shape index (κ1) is 12.4. The van der Waals surface area contributed by atoms with Crippen molar-refractivity contribution in [2.45, 2.75) is 6.92 Å². The molecule has 0 spiro atoms. The van der Waals surface area contributed by atoms with E-state index in [-0.39, 0.29) is 5.97 Å². The number of hydrogen-bond donors (Lipinski definition) is 1. The molecule has 0 saturated heterocycles. The van der Waals surface area contributed by atoms with Crippen molar-refractivity contribution in [1.82, 2.24) is 9.97 Å². The molecule has 3 aromatic rings. The van der Waals surface area contributed by atoms with Crippen molar-refractivity contribution in [1.29, 1.82) is 0 Å². The van der Waals surface area contributed by atoms with Gasteiger partial charge in [-0.2, -0.15) is 0 Å². The summed E-state index contributed by atoms with van der Waals surface area (Å²) in [6.07, 6.45) is 1.70. The maximum atomic E-state index is 12.2. The minimum Gasteiger partial charge on any atom is -0.462 e. The molecule has 2 aromatic heterocycles. The van der Waals surface area contributed by atoms with Crippen molar-refractivity contribution in [3.8, 4) is 11.4 Å². The highest BCUT2D eigenvalue weighted by atomic mass is 16.5. The third kappa shape index (κ3) is 2.05. The van der Waals surface area contributed by atoms with Gasteiger partial charge in [-0.15, -0.1) is 0 Å². The van der Waals surface area contributed by atoms with E-state index in [4.69, 9.17) is 4.74 Å². The van der Waals surface area contributed by atoms with Crippen molar-refractivity contribution in [3.63, 3.8) is 0 Å². The van der Waals surface area contributed by atoms with E-state index in [9.17, 15) is 4.79 Å². The van der Waals surface area contributed by atoms with Crippen LogP contribution in [0.3, 0.4) is 0 Å². The van der Waals surface area contributed by atoms with Crippen LogP contribution < -0.4 is 0 Å². The van der Waals surface area contributed by atoms with E-state index >= 15 is 0 Å². The SMILES string of the molecule is CCOC(=O)c1c(-c2ccccn2)[nH]c2ccccc12. The number of pyridine rings is 1. The maximum absolute atomic E-state index is 12.2. The van der Waals surface area contributed by atoms with Gasteiger partial charge in [0.05, 0.1) is 23.6 Å². The van der Waals surface area contributed by atoms with Crippen molar-refractivity contribution < 1.29 is 9.53 Å². The number of aromatic amines is 1. The molecule has 0 aliphatic heterocycles. The number of H-pyrrole nitrogens is 1. The predicted molar refractivity (Wildman–Crippen MR) is 77.5 cm³/mol. The molecule has 0 aliphatic rings. The predicted octanol–water partition coefficient (Wildman–Crippen LogP) is 3.41. The van der Waals surface area contributed by atoms with Gasteiger partial charge in [-0.25, -0.2) is 4.79 Å². The van der Waals surface area contributed by atoms with Crippen LogP contribution in [0.5, 0.6) is 0 Å². The van der Waals surface area contributed by atoms with Crippen LogP contribution >= 0.6 is 0 Å². The van der Waals surface area contributed by atoms with Crippen LogP contribution in [0.4, 0.5) is 0 Å². The van der Waals surface area contributed by atoms with Gasteiger partial charge < -0.3 is 9.72 Å². The van der Waals surface area contributed by atoms with E-state index in [0.29, 0.717) is 17.9 Å². The Kier molecular flexibility index (Phi) is 3.21. The van der Waals surface area contributed by atoms with Gasteiger partial charge in [0.15, 0.2) is 0 Å². The fourth-order valence-corrected chi connectivity index (χ4v) is 2.26. The minimum atomic E-state index is -0.328. The highest BCUT2D eigenvalue weighted by Crippen LogP contribution is 2.29. The molecule has 0 bridgehead atoms. The van der Waals surface area contributed by atoms with Gasteiger partial charge in [-0.05, 0) is 25.1 Å². The summed E-state index contributed by atoms with van der Waals surface area (Å²) in [5.74, 6) is -0.328. The molecule has 0 saturated carbocycles. The van der Waals surface area contributed by atoms with Crippen molar-refractivity contribution in [2.24, 2.45) is 0 Å². The lowest BCUT2D eigenvalue weighted by Gasteiger charge is -2.04. The molecule has 0 radical (unpaired) electrons. The fraction of sp³-hybridized carbons (Fsp3) is 0.125. The van der Waals surface area contributed by atoms with Gasteiger partial charge in [0, 0.05) is 17.1 Å². The smallest absolute Gasteiger partial charge is 0.341 e. The number of rotatable bonds is 3. The minimum absolute atomic E-state index is 0.328. The Morgan fingerprint density at radius 1 is 1.20 bits per heavy atom. The standard InChI is InChI=1S/C16H14N2O2/c1-2-20-16(19)14-11-7-3-4-8-12(11)18-15(14)13-9-5-6-10-17-13/h3-10,18H,2H2,1H3. The zero-order chi connectivity index (χ0) is 13.9. The van der Waals surface area contributed by atoms with Crippen molar-refractivity contribution >= 4 is 16.9 Å². The van der Waals surface area contributed by atoms with Gasteiger partial charge in [-0.3, -0.25) is 4.98 Å². The number of nitrogens with zero attached hydrogens (tertiary/aromatic N) is 1. The van der Waals surface area contributed by atoms with Gasteiger partial charge in [0.25, 0.3) is 0 Å². The van der Waals surface area contributed by atoms with E-state index in [1.165, 1.54) is 0 Å². The topological polar surface area (TPSA) is 55.0 Å². The molecule has 0 amide bonds. The lowest BCUT2D eigenvalue weighted by molar-refractivity contribution is 0.0529. The summed E-state index contributed by atoms with van der Waals surface area (Å²) < 4.78 is 5.17. The third-order valence-corrected chi connectivity index (χ3v) is 3.11. The molecule has 0 atom stereocenters. The number of esters is 1. The molecular weight excluding hydrogens is 252 g/mol. The largest absolute Gasteiger partial charge is 0.462 e. The molecule has 0 fully saturated rings. The average molecular weight is 266 g/mol. The number of carbonyl (C=O) groups is 1. The number of fused-ring (bicyclic) bond motifs is 1. The second-order valence-electron chi connectivity index (χ2n) is 4.36. The molecule has 2 heterocycles. The fourth-order valence-electron chi connectivity index (χ4n) is 2.26. The molecular formula is C16H14N2O2. The summed E-state index contributed by atoms with van der Waals surface area (Å²) in [6, 6.07) is 13.3. The summed E-state index contributed by atoms with van der Waals surface area (Å²) >= 11 is 0. The monoisotopic (exact) mass is 266 g/mol. The molecule has 20 heavy (non-hydrogen) atoms. The number of nitrogens with one attached hydrogen (secondary N) is 1. The lowest BCUT2D eigenvalue weighted by Crippen LogP contribution is -2.05. The Balaban J connectivity index is 2.25. The van der Waals surface area contributed by atoms with Crippen LogP contribution in [-0.2, 0) is 4.74 Å². The number of para-hydroxylation sites is 1. The lowest BCUT2D eigenvalue weighted by atomic mass is 10.1. The first-order valence-electron chi connectivity index (χ1n) is 6.50. The van der Waals surface area contributed by atoms with E-state index in [0.717, 1.165) is 16.6 Å². The third-order valence-electron chi connectivity index (χ3n) is 3.11. The molecule has 0 aliphatic carbocycles. The second kappa shape index (κ2) is 5.17. The Bertz CT molecular complexity index is 748. The molecule has 3 rings (SSSR count). The Labute approximate surface area is 116 Å². The van der Waals surface area contributed by atoms with E-state index in [2.05, 4.69) is 9.97 Å². The van der Waals surface area contributed by atoms with E-state index in [1.807, 2.05) is 42.5 Å². The van der Waals surface area contributed by atoms with Crippen LogP contribution in [0.1, 0.15) is 17.3 Å². The summed E-state index contributed by atoms with van der Waals surface area (Å²) in [4.78, 5) is 19.8. The number of hydrogen-bond acceptors (Lipinski definition) is 3. The van der Waals surface area contributed by atoms with Gasteiger partial charge in [0.2, 0.25) is 0 Å². The van der Waals surface area contributed by atoms with Crippen LogP contribution in [0.15, 0.2) is 48.7 Å². The first-order valence-corrected chi connectivity index (χ1v) is 6.50. The summed E-state index contributed by atoms with van der Waals surface area (Å²) in [7, 11) is 0. The zero-order valence-electron chi connectivity index (χ0n) is 11.1. The maximum Gasteiger partial charge on any atom is 0.341 e. The van der Waals surface area contributed by atoms with Crippen LogP contribution in [0.2, 0.25) is 0 Å². The van der Waals surface area contributed by atoms with Gasteiger partial charge in [-0.1, -0.05) is 24.3 Å². The van der Waals surface area contributed by atoms with Crippen molar-refractivity contribution in [2.75, 3.05) is 6.61 Å². The van der Waals surface area contributed by atoms with Gasteiger partial charge >= 0.3 is 5.97 Å². The quantitative estimate of drug-likeness (QED) is 0.739. The van der Waals surface area contributed by atoms with Crippen molar-refractivity contribution in [3.05, 3.63) is 54.2 Å². The number of aromatic nitrogens is 2. The van der Waals surface area contributed by atoms with Crippen LogP contribution in [-0.4, -0.2) is 22.5 Å². The molecule has 0 unspecified atom stereocenters. The highest BCUT2D eigenvalue weighted by molar-refractivity contribution is 6.09. The Hall–Kier alpha value is -2.62. The van der Waals surface area contributed by atoms with E-state index in [1.54, 1.807) is 13.1 Å². The second-order valence-corrected chi connectivity index (χ2v) is 4.36. The van der Waals surface area contributed by atoms with E-state index < -0.39 is 0 Å². The number of ether oxygens (including phenoxy) is 1. The molecule has 4 nitrogen and oxygen atoms in total. The normalized spacial score (nSPS) is 10.7. The molecule has 1 N–H and O–H groups in total. The summed E-state index contributed by atoms with van der Waals surface area (Å²) in [5.41, 5.74) is 2.87. The molecule has 4 heteroatoms. The highest BCUT2D eigenvalue weighted by Gasteiger charge is 2.20. The summed E-state index contributed by atoms with van der Waals surface area (Å²) in [6.45, 7) is 2.15. The number of benzene rings is 1. The first-order chi connectivity index (χ1) is 9.81. The summed E-state index contributed by atoms with van der Waals surface area (Å²) in [5, 5.41) is 0.853. The Morgan fingerprint density at radius 2 is 2.00 bits per heavy atom. The van der Waals surface area contributed by atoms with Crippen LogP contribution in [0, 0.1) is 0 Å². The average Bonchev–Trinajstić information content (AvgIpc) is 2.88. The molecule has 100 valence electrons. The molecule has 1 aromatic carbocycles.